The Kier molecular flexibility index (Phi) is 5.65. The lowest BCUT2D eigenvalue weighted by atomic mass is 10.1. The number of carbonyl (C=O) groups excluding carboxylic acids is 2. The number of nitrogens with one attached hydrogen (secondary N) is 2. The summed E-state index contributed by atoms with van der Waals surface area (Å²) < 4.78 is 31.5. The Morgan fingerprint density at radius 2 is 2.06 bits per heavy atom. The van der Waals surface area contributed by atoms with Gasteiger partial charge in [-0.25, -0.2) is 19.0 Å². The number of pyridine rings is 1. The van der Waals surface area contributed by atoms with E-state index in [1.54, 1.807) is 19.2 Å². The molecule has 0 radical (unpaired) electrons. The number of benzene rings is 1. The number of fused-ring (bicyclic) bond motifs is 2. The molecule has 178 valence electrons. The summed E-state index contributed by atoms with van der Waals surface area (Å²) in [4.78, 5) is 41.3. The van der Waals surface area contributed by atoms with Crippen LogP contribution in [0.15, 0.2) is 33.5 Å². The number of anilines is 2. The van der Waals surface area contributed by atoms with Crippen LogP contribution >= 0.6 is 0 Å². The number of hydrogen-bond donors (Lipinski definition) is 2. The van der Waals surface area contributed by atoms with Gasteiger partial charge in [-0.05, 0) is 50.2 Å². The molecular weight excluding hydrogens is 449 g/mol. The summed E-state index contributed by atoms with van der Waals surface area (Å²) >= 11 is 0. The zero-order valence-electron chi connectivity index (χ0n) is 18.3. The van der Waals surface area contributed by atoms with E-state index in [2.05, 4.69) is 15.6 Å². The van der Waals surface area contributed by atoms with Crippen molar-refractivity contribution in [2.45, 2.75) is 18.9 Å². The summed E-state index contributed by atoms with van der Waals surface area (Å²) in [6, 6.07) is 6.02. The first kappa shape index (κ1) is 21.9. The molecule has 0 aliphatic carbocycles. The zero-order chi connectivity index (χ0) is 23.8. The minimum absolute atomic E-state index is 0.0726. The average Bonchev–Trinajstić information content (AvgIpc) is 3.33. The van der Waals surface area contributed by atoms with E-state index in [0.717, 1.165) is 0 Å². The van der Waals surface area contributed by atoms with Gasteiger partial charge in [0.15, 0.2) is 23.8 Å². The van der Waals surface area contributed by atoms with Gasteiger partial charge in [0.2, 0.25) is 0 Å². The first-order valence-corrected chi connectivity index (χ1v) is 10.8. The maximum Gasteiger partial charge on any atom is 0.419 e. The summed E-state index contributed by atoms with van der Waals surface area (Å²) in [5, 5.41) is 5.84. The van der Waals surface area contributed by atoms with Crippen molar-refractivity contribution in [2.75, 3.05) is 36.5 Å². The number of rotatable bonds is 7. The van der Waals surface area contributed by atoms with E-state index in [1.807, 2.05) is 0 Å². The Bertz CT molecular complexity index is 1340. The van der Waals surface area contributed by atoms with Crippen LogP contribution in [0.5, 0.6) is 5.75 Å². The maximum atomic E-state index is 14.4. The van der Waals surface area contributed by atoms with Crippen molar-refractivity contribution in [1.82, 2.24) is 14.9 Å². The lowest BCUT2D eigenvalue weighted by molar-refractivity contribution is -0.118. The SMILES string of the molecule is Cn1c(=O)oc2ccc(F)c(CCNCCC3CN(c4ccc5c(n4)NC(=O)CO5)C(=O)O3)c21. The van der Waals surface area contributed by atoms with E-state index in [1.165, 1.54) is 21.6 Å². The second-order valence-corrected chi connectivity index (χ2v) is 8.06. The molecule has 1 saturated heterocycles. The number of aryl methyl sites for hydroxylation is 1. The van der Waals surface area contributed by atoms with Crippen LogP contribution in [0.1, 0.15) is 12.0 Å². The maximum absolute atomic E-state index is 14.4. The summed E-state index contributed by atoms with van der Waals surface area (Å²) in [5.74, 6) is -0.172. The second-order valence-electron chi connectivity index (χ2n) is 8.06. The minimum Gasteiger partial charge on any atom is -0.480 e. The molecule has 3 aromatic rings. The molecule has 4 heterocycles. The lowest BCUT2D eigenvalue weighted by Crippen LogP contribution is -2.29. The van der Waals surface area contributed by atoms with Gasteiger partial charge in [0.05, 0.1) is 12.1 Å². The highest BCUT2D eigenvalue weighted by Crippen LogP contribution is 2.30. The van der Waals surface area contributed by atoms with Crippen LogP contribution in [0, 0.1) is 5.82 Å². The van der Waals surface area contributed by atoms with Crippen molar-refractivity contribution in [3.05, 3.63) is 46.2 Å². The number of nitrogens with zero attached hydrogens (tertiary/aromatic N) is 3. The Morgan fingerprint density at radius 3 is 2.91 bits per heavy atom. The molecule has 0 saturated carbocycles. The normalized spacial score (nSPS) is 17.5. The van der Waals surface area contributed by atoms with Crippen LogP contribution in [0.2, 0.25) is 0 Å². The number of oxazole rings is 1. The topological polar surface area (TPSA) is 128 Å². The van der Waals surface area contributed by atoms with E-state index < -0.39 is 17.7 Å². The first-order valence-electron chi connectivity index (χ1n) is 10.8. The predicted octanol–water partition coefficient (Wildman–Crippen LogP) is 1.54. The summed E-state index contributed by atoms with van der Waals surface area (Å²) in [5.41, 5.74) is 1.21. The third-order valence-corrected chi connectivity index (χ3v) is 5.80. The molecule has 2 aromatic heterocycles. The summed E-state index contributed by atoms with van der Waals surface area (Å²) in [7, 11) is 1.54. The van der Waals surface area contributed by atoms with E-state index >= 15 is 0 Å². The molecule has 1 atom stereocenters. The van der Waals surface area contributed by atoms with Gasteiger partial charge in [0.25, 0.3) is 5.91 Å². The Morgan fingerprint density at radius 1 is 1.21 bits per heavy atom. The Balaban J connectivity index is 1.14. The highest BCUT2D eigenvalue weighted by molar-refractivity contribution is 5.95. The summed E-state index contributed by atoms with van der Waals surface area (Å²) in [6.07, 6.45) is 0.0391. The van der Waals surface area contributed by atoms with Gasteiger partial charge in [0.1, 0.15) is 17.7 Å². The number of amides is 2. The molecule has 11 nitrogen and oxygen atoms in total. The molecule has 1 unspecified atom stereocenters. The molecule has 2 amide bonds. The third kappa shape index (κ3) is 4.07. The summed E-state index contributed by atoms with van der Waals surface area (Å²) in [6.45, 7) is 1.24. The largest absolute Gasteiger partial charge is 0.480 e. The van der Waals surface area contributed by atoms with Gasteiger partial charge in [-0.3, -0.25) is 14.3 Å². The molecule has 0 spiro atoms. The van der Waals surface area contributed by atoms with Crippen LogP contribution in [-0.2, 0) is 23.0 Å². The molecule has 2 aliphatic rings. The standard InChI is InChI=1S/C22H22FN5O6/c1-27-19-13(14(23)2-3-15(19)34-21(27)30)7-9-24-8-6-12-10-28(22(31)33-12)17-5-4-16-20(25-17)26-18(29)11-32-16/h2-5,12,24H,6-11H2,1H3,(H,25,26,29). The van der Waals surface area contributed by atoms with E-state index in [0.29, 0.717) is 60.7 Å². The molecule has 2 aliphatic heterocycles. The van der Waals surface area contributed by atoms with Crippen LogP contribution in [-0.4, -0.2) is 53.9 Å². The van der Waals surface area contributed by atoms with Crippen LogP contribution in [0.3, 0.4) is 0 Å². The van der Waals surface area contributed by atoms with Gasteiger partial charge in [-0.2, -0.15) is 0 Å². The number of carbonyl (C=O) groups is 2. The fourth-order valence-corrected chi connectivity index (χ4v) is 4.10. The molecule has 2 N–H and O–H groups in total. The van der Waals surface area contributed by atoms with Gasteiger partial charge >= 0.3 is 11.8 Å². The van der Waals surface area contributed by atoms with Gasteiger partial charge in [0, 0.05) is 12.6 Å². The molecule has 1 fully saturated rings. The number of hydrogen-bond acceptors (Lipinski definition) is 8. The van der Waals surface area contributed by atoms with E-state index in [-0.39, 0.29) is 24.4 Å². The molecule has 0 bridgehead atoms. The van der Waals surface area contributed by atoms with Crippen LogP contribution < -0.4 is 26.0 Å². The number of ether oxygens (including phenoxy) is 2. The van der Waals surface area contributed by atoms with Crippen LogP contribution in [0.25, 0.3) is 11.1 Å². The highest BCUT2D eigenvalue weighted by atomic mass is 19.1. The quantitative estimate of drug-likeness (QED) is 0.497. The van der Waals surface area contributed by atoms with Crippen molar-refractivity contribution in [2.24, 2.45) is 7.05 Å². The monoisotopic (exact) mass is 471 g/mol. The van der Waals surface area contributed by atoms with Crippen molar-refractivity contribution in [3.63, 3.8) is 0 Å². The van der Waals surface area contributed by atoms with Crippen LogP contribution in [0.4, 0.5) is 20.8 Å². The van der Waals surface area contributed by atoms with Gasteiger partial charge in [-0.1, -0.05) is 0 Å². The Hall–Kier alpha value is -3.93. The smallest absolute Gasteiger partial charge is 0.419 e. The van der Waals surface area contributed by atoms with E-state index in [9.17, 15) is 18.8 Å². The number of cyclic esters (lactones) is 1. The molecular formula is C22H22FN5O6. The zero-order valence-corrected chi connectivity index (χ0v) is 18.3. The highest BCUT2D eigenvalue weighted by Gasteiger charge is 2.33. The number of halogens is 1. The second kappa shape index (κ2) is 8.78. The number of aromatic nitrogens is 2. The first-order chi connectivity index (χ1) is 16.4. The van der Waals surface area contributed by atoms with Gasteiger partial charge < -0.3 is 24.5 Å². The molecule has 1 aromatic carbocycles. The predicted molar refractivity (Wildman–Crippen MR) is 119 cm³/mol. The third-order valence-electron chi connectivity index (χ3n) is 5.80. The average molecular weight is 471 g/mol. The molecule has 34 heavy (non-hydrogen) atoms. The lowest BCUT2D eigenvalue weighted by Gasteiger charge is -2.19. The fraction of sp³-hybridized carbons (Fsp3) is 0.364. The van der Waals surface area contributed by atoms with Crippen molar-refractivity contribution in [3.8, 4) is 5.75 Å². The van der Waals surface area contributed by atoms with Gasteiger partial charge in [-0.15, -0.1) is 0 Å². The van der Waals surface area contributed by atoms with Crippen molar-refractivity contribution >= 4 is 34.7 Å². The van der Waals surface area contributed by atoms with Crippen molar-refractivity contribution in [1.29, 1.82) is 0 Å². The fourth-order valence-electron chi connectivity index (χ4n) is 4.10. The minimum atomic E-state index is -0.536. The molecule has 5 rings (SSSR count). The Labute approximate surface area is 192 Å². The molecule has 12 heteroatoms. The van der Waals surface area contributed by atoms with E-state index in [4.69, 9.17) is 13.9 Å². The van der Waals surface area contributed by atoms with Crippen molar-refractivity contribution < 1.29 is 27.9 Å².